The van der Waals surface area contributed by atoms with Crippen molar-refractivity contribution in [3.05, 3.63) is 48.5 Å². The van der Waals surface area contributed by atoms with E-state index in [1.165, 1.54) is 26.2 Å². The van der Waals surface area contributed by atoms with Crippen LogP contribution in [0, 0.1) is 0 Å². The van der Waals surface area contributed by atoms with Gasteiger partial charge in [-0.05, 0) is 60.7 Å². The number of hydrogen-bond donors (Lipinski definition) is 1. The van der Waals surface area contributed by atoms with Gasteiger partial charge in [0.2, 0.25) is 21.8 Å². The lowest BCUT2D eigenvalue weighted by Gasteiger charge is -2.11. The number of methoxy groups -OCH3 is 1. The molecule has 0 aliphatic rings. The Morgan fingerprint density at radius 1 is 1.09 bits per heavy atom. The summed E-state index contributed by atoms with van der Waals surface area (Å²) in [5.41, 5.74) is 0.548. The van der Waals surface area contributed by atoms with Gasteiger partial charge < -0.3 is 9.15 Å². The molecular weight excluding hydrogens is 452 g/mol. The van der Waals surface area contributed by atoms with E-state index in [0.29, 0.717) is 18.4 Å². The van der Waals surface area contributed by atoms with Gasteiger partial charge in [0.25, 0.3) is 0 Å². The predicted octanol–water partition coefficient (Wildman–Crippen LogP) is 3.51. The third-order valence-corrected chi connectivity index (χ3v) is 7.36. The highest BCUT2D eigenvalue weighted by atomic mass is 32.2. The van der Waals surface area contributed by atoms with Crippen molar-refractivity contribution in [1.82, 2.24) is 14.5 Å². The maximum absolute atomic E-state index is 12.1. The fourth-order valence-electron chi connectivity index (χ4n) is 2.65. The zero-order chi connectivity index (χ0) is 23.1. The fourth-order valence-corrected chi connectivity index (χ4v) is 4.40. The van der Waals surface area contributed by atoms with Crippen LogP contribution in [0.15, 0.2) is 62.7 Å². The van der Waals surface area contributed by atoms with Crippen LogP contribution in [0.1, 0.15) is 12.8 Å². The molecule has 32 heavy (non-hydrogen) atoms. The average molecular weight is 477 g/mol. The van der Waals surface area contributed by atoms with Gasteiger partial charge in [-0.2, -0.15) is 0 Å². The standard InChI is InChI=1S/C21H24N4O5S2/c1-25(2)32(27,28)18-12-6-15(7-13-18)20-23-24-21(30-20)22-19(26)5-4-14-31-17-10-8-16(29-3)9-11-17/h6-13H,4-5,14H2,1-3H3,(H,22,24,26). The Morgan fingerprint density at radius 2 is 1.78 bits per heavy atom. The molecular formula is C21H24N4O5S2. The van der Waals surface area contributed by atoms with Gasteiger partial charge in [0, 0.05) is 31.0 Å². The number of amides is 1. The number of rotatable bonds is 10. The summed E-state index contributed by atoms with van der Waals surface area (Å²) < 4.78 is 36.0. The fraction of sp³-hybridized carbons (Fsp3) is 0.286. The summed E-state index contributed by atoms with van der Waals surface area (Å²) in [6.45, 7) is 0. The molecule has 11 heteroatoms. The van der Waals surface area contributed by atoms with E-state index in [1.54, 1.807) is 31.0 Å². The van der Waals surface area contributed by atoms with Gasteiger partial charge in [-0.3, -0.25) is 10.1 Å². The third-order valence-electron chi connectivity index (χ3n) is 4.43. The molecule has 0 fully saturated rings. The Kier molecular flexibility index (Phi) is 7.89. The van der Waals surface area contributed by atoms with E-state index >= 15 is 0 Å². The summed E-state index contributed by atoms with van der Waals surface area (Å²) in [5, 5.41) is 10.3. The first-order chi connectivity index (χ1) is 15.3. The van der Waals surface area contributed by atoms with E-state index in [1.807, 2.05) is 24.3 Å². The van der Waals surface area contributed by atoms with Gasteiger partial charge in [-0.15, -0.1) is 16.9 Å². The monoisotopic (exact) mass is 476 g/mol. The van der Waals surface area contributed by atoms with Gasteiger partial charge in [0.15, 0.2) is 0 Å². The summed E-state index contributed by atoms with van der Waals surface area (Å²) in [6.07, 6.45) is 1.00. The summed E-state index contributed by atoms with van der Waals surface area (Å²) in [4.78, 5) is 13.4. The predicted molar refractivity (Wildman–Crippen MR) is 122 cm³/mol. The molecule has 3 rings (SSSR count). The molecule has 1 amide bonds. The minimum atomic E-state index is -3.52. The Labute approximate surface area is 191 Å². The molecule has 0 bridgehead atoms. The number of sulfonamides is 1. The van der Waals surface area contributed by atoms with Crippen molar-refractivity contribution in [2.24, 2.45) is 0 Å². The molecule has 0 atom stereocenters. The molecule has 0 saturated heterocycles. The first-order valence-corrected chi connectivity index (χ1v) is 12.2. The summed E-state index contributed by atoms with van der Waals surface area (Å²) >= 11 is 1.66. The second kappa shape index (κ2) is 10.6. The van der Waals surface area contributed by atoms with Gasteiger partial charge in [0.05, 0.1) is 12.0 Å². The number of nitrogens with zero attached hydrogens (tertiary/aromatic N) is 3. The lowest BCUT2D eigenvalue weighted by molar-refractivity contribution is -0.116. The number of benzene rings is 2. The highest BCUT2D eigenvalue weighted by Crippen LogP contribution is 2.24. The molecule has 3 aromatic rings. The lowest BCUT2D eigenvalue weighted by Crippen LogP contribution is -2.22. The molecule has 170 valence electrons. The van der Waals surface area contributed by atoms with Crippen LogP contribution in [0.2, 0.25) is 0 Å². The number of hydrogen-bond acceptors (Lipinski definition) is 8. The number of thioether (sulfide) groups is 1. The van der Waals surface area contributed by atoms with Crippen molar-refractivity contribution in [3.63, 3.8) is 0 Å². The largest absolute Gasteiger partial charge is 0.497 e. The number of carbonyl (C=O) groups excluding carboxylic acids is 1. The van der Waals surface area contributed by atoms with Crippen molar-refractivity contribution in [1.29, 1.82) is 0 Å². The molecule has 1 heterocycles. The van der Waals surface area contributed by atoms with Crippen LogP contribution in [-0.2, 0) is 14.8 Å². The number of nitrogens with one attached hydrogen (secondary N) is 1. The van der Waals surface area contributed by atoms with Crippen LogP contribution in [0.4, 0.5) is 6.01 Å². The van der Waals surface area contributed by atoms with E-state index in [-0.39, 0.29) is 22.7 Å². The molecule has 2 aromatic carbocycles. The van der Waals surface area contributed by atoms with Crippen molar-refractivity contribution >= 4 is 33.7 Å². The maximum atomic E-state index is 12.1. The van der Waals surface area contributed by atoms with Crippen LogP contribution in [0.3, 0.4) is 0 Å². The number of carbonyl (C=O) groups is 1. The molecule has 9 nitrogen and oxygen atoms in total. The quantitative estimate of drug-likeness (QED) is 0.349. The molecule has 0 unspecified atom stereocenters. The van der Waals surface area contributed by atoms with Crippen molar-refractivity contribution in [2.75, 3.05) is 32.3 Å². The topological polar surface area (TPSA) is 115 Å². The van der Waals surface area contributed by atoms with E-state index in [9.17, 15) is 13.2 Å². The van der Waals surface area contributed by atoms with Gasteiger partial charge in [-0.1, -0.05) is 5.10 Å². The SMILES string of the molecule is COc1ccc(SCCCC(=O)Nc2nnc(-c3ccc(S(=O)(=O)N(C)C)cc3)o2)cc1. The Morgan fingerprint density at radius 3 is 2.41 bits per heavy atom. The third kappa shape index (κ3) is 6.09. The highest BCUT2D eigenvalue weighted by Gasteiger charge is 2.18. The summed E-state index contributed by atoms with van der Waals surface area (Å²) in [5.74, 6) is 1.56. The van der Waals surface area contributed by atoms with Gasteiger partial charge in [-0.25, -0.2) is 12.7 Å². The number of ether oxygens (including phenoxy) is 1. The highest BCUT2D eigenvalue weighted by molar-refractivity contribution is 7.99. The molecule has 0 aliphatic heterocycles. The molecule has 0 saturated carbocycles. The lowest BCUT2D eigenvalue weighted by atomic mass is 10.2. The molecule has 1 aromatic heterocycles. The Balaban J connectivity index is 1.48. The first-order valence-electron chi connectivity index (χ1n) is 9.73. The van der Waals surface area contributed by atoms with E-state index in [4.69, 9.17) is 9.15 Å². The average Bonchev–Trinajstić information content (AvgIpc) is 3.25. The van der Waals surface area contributed by atoms with Crippen molar-refractivity contribution in [2.45, 2.75) is 22.6 Å². The maximum Gasteiger partial charge on any atom is 0.322 e. The second-order valence-electron chi connectivity index (χ2n) is 6.90. The van der Waals surface area contributed by atoms with Gasteiger partial charge >= 0.3 is 6.01 Å². The summed E-state index contributed by atoms with van der Waals surface area (Å²) in [6, 6.07) is 13.8. The second-order valence-corrected chi connectivity index (χ2v) is 10.2. The summed E-state index contributed by atoms with van der Waals surface area (Å²) in [7, 11) is 1.04. The number of anilines is 1. The first kappa shape index (κ1) is 23.8. The zero-order valence-electron chi connectivity index (χ0n) is 17.9. The minimum Gasteiger partial charge on any atom is -0.497 e. The zero-order valence-corrected chi connectivity index (χ0v) is 19.6. The molecule has 1 N–H and O–H groups in total. The normalized spacial score (nSPS) is 11.5. The minimum absolute atomic E-state index is 0.00204. The van der Waals surface area contributed by atoms with Crippen LogP contribution in [0.5, 0.6) is 5.75 Å². The van der Waals surface area contributed by atoms with Gasteiger partial charge in [0.1, 0.15) is 5.75 Å². The van der Waals surface area contributed by atoms with E-state index in [0.717, 1.165) is 20.7 Å². The van der Waals surface area contributed by atoms with Crippen LogP contribution < -0.4 is 10.1 Å². The molecule has 0 spiro atoms. The number of aromatic nitrogens is 2. The van der Waals surface area contributed by atoms with Crippen LogP contribution in [0.25, 0.3) is 11.5 Å². The smallest absolute Gasteiger partial charge is 0.322 e. The molecule has 0 radical (unpaired) electrons. The van der Waals surface area contributed by atoms with E-state index < -0.39 is 10.0 Å². The molecule has 0 aliphatic carbocycles. The van der Waals surface area contributed by atoms with Crippen molar-refractivity contribution < 1.29 is 22.4 Å². The van der Waals surface area contributed by atoms with E-state index in [2.05, 4.69) is 15.5 Å². The van der Waals surface area contributed by atoms with Crippen LogP contribution in [-0.4, -0.2) is 55.8 Å². The van der Waals surface area contributed by atoms with Crippen LogP contribution >= 0.6 is 11.8 Å². The Bertz CT molecular complexity index is 1140. The Hall–Kier alpha value is -2.89. The van der Waals surface area contributed by atoms with Crippen molar-refractivity contribution in [3.8, 4) is 17.2 Å².